The molecule has 0 aromatic heterocycles. The molecule has 0 amide bonds. The van der Waals surface area contributed by atoms with Gasteiger partial charge in [0.25, 0.3) is 0 Å². The van der Waals surface area contributed by atoms with E-state index in [9.17, 15) is 5.11 Å². The van der Waals surface area contributed by atoms with Crippen LogP contribution in [0.3, 0.4) is 0 Å². The van der Waals surface area contributed by atoms with Gasteiger partial charge >= 0.3 is 0 Å². The Bertz CT molecular complexity index is 376. The molecular weight excluding hydrogens is 192 g/mol. The van der Waals surface area contributed by atoms with Gasteiger partial charge in [-0.25, -0.2) is 0 Å². The molecule has 1 aliphatic carbocycles. The highest BCUT2D eigenvalue weighted by Crippen LogP contribution is 2.57. The predicted octanol–water partition coefficient (Wildman–Crippen LogP) is 2.65. The largest absolute Gasteiger partial charge is 0.389 e. The Morgan fingerprint density at radius 1 is 1.43 bits per heavy atom. The summed E-state index contributed by atoms with van der Waals surface area (Å²) in [4.78, 5) is 1.37. The van der Waals surface area contributed by atoms with Gasteiger partial charge < -0.3 is 5.11 Å². The maximum absolute atomic E-state index is 10.3. The third-order valence-corrected chi connectivity index (χ3v) is 4.81. The summed E-state index contributed by atoms with van der Waals surface area (Å²) >= 11 is 1.88. The second kappa shape index (κ2) is 2.77. The average Bonchev–Trinajstić information content (AvgIpc) is 2.67. The average molecular weight is 206 g/mol. The number of hydrogen-bond donors (Lipinski definition) is 1. The van der Waals surface area contributed by atoms with E-state index in [4.69, 9.17) is 0 Å². The summed E-state index contributed by atoms with van der Waals surface area (Å²) in [5.41, 5.74) is 0.976. The molecule has 1 heterocycles. The van der Waals surface area contributed by atoms with Gasteiger partial charge in [0, 0.05) is 16.6 Å². The van der Waals surface area contributed by atoms with Crippen LogP contribution in [0.25, 0.3) is 0 Å². The molecule has 2 aliphatic rings. The summed E-state index contributed by atoms with van der Waals surface area (Å²) in [7, 11) is 0. The lowest BCUT2D eigenvalue weighted by Crippen LogP contribution is -2.22. The third-order valence-electron chi connectivity index (χ3n) is 3.63. The Balaban J connectivity index is 1.99. The van der Waals surface area contributed by atoms with E-state index in [-0.39, 0.29) is 5.60 Å². The molecule has 1 aromatic rings. The van der Waals surface area contributed by atoms with Gasteiger partial charge in [0.1, 0.15) is 0 Å². The van der Waals surface area contributed by atoms with Crippen molar-refractivity contribution in [1.29, 1.82) is 0 Å². The van der Waals surface area contributed by atoms with E-state index in [1.165, 1.54) is 10.5 Å². The lowest BCUT2D eigenvalue weighted by atomic mass is 9.92. The molecule has 0 spiro atoms. The summed E-state index contributed by atoms with van der Waals surface area (Å²) in [5.74, 6) is 1.91. The Hall–Kier alpha value is -0.470. The molecular formula is C12H14OS. The molecule has 1 aromatic carbocycles. The number of thioether (sulfide) groups is 1. The zero-order chi connectivity index (χ0) is 9.76. The lowest BCUT2D eigenvalue weighted by molar-refractivity contribution is 0.111. The van der Waals surface area contributed by atoms with Gasteiger partial charge in [-0.05, 0) is 24.0 Å². The summed E-state index contributed by atoms with van der Waals surface area (Å²) in [6.45, 7) is 2.14. The number of benzene rings is 1. The molecule has 3 atom stereocenters. The molecule has 2 heteroatoms. The summed E-state index contributed by atoms with van der Waals surface area (Å²) < 4.78 is 0. The van der Waals surface area contributed by atoms with Crippen LogP contribution in [0.2, 0.25) is 0 Å². The van der Waals surface area contributed by atoms with Gasteiger partial charge in [-0.3, -0.25) is 0 Å². The van der Waals surface area contributed by atoms with Gasteiger partial charge in [-0.15, -0.1) is 11.8 Å². The third kappa shape index (κ3) is 1.07. The molecule has 1 nitrogen and oxygen atoms in total. The number of aliphatic hydroxyl groups is 1. The van der Waals surface area contributed by atoms with Crippen molar-refractivity contribution in [2.75, 3.05) is 5.75 Å². The second-order valence-electron chi connectivity index (χ2n) is 4.50. The Kier molecular flexibility index (Phi) is 1.74. The fourth-order valence-electron chi connectivity index (χ4n) is 2.49. The van der Waals surface area contributed by atoms with E-state index in [0.29, 0.717) is 11.8 Å². The van der Waals surface area contributed by atoms with Crippen LogP contribution in [0.15, 0.2) is 29.2 Å². The first-order valence-corrected chi connectivity index (χ1v) is 6.14. The Morgan fingerprint density at radius 3 is 2.86 bits per heavy atom. The van der Waals surface area contributed by atoms with Crippen molar-refractivity contribution in [3.05, 3.63) is 29.8 Å². The quantitative estimate of drug-likeness (QED) is 0.762. The molecule has 0 radical (unpaired) electrons. The fraction of sp³-hybridized carbons (Fsp3) is 0.500. The topological polar surface area (TPSA) is 20.2 Å². The van der Waals surface area contributed by atoms with Crippen LogP contribution >= 0.6 is 11.8 Å². The van der Waals surface area contributed by atoms with Crippen LogP contribution in [-0.4, -0.2) is 16.5 Å². The van der Waals surface area contributed by atoms with Crippen molar-refractivity contribution in [2.45, 2.75) is 29.8 Å². The van der Waals surface area contributed by atoms with Gasteiger partial charge in [0.05, 0.1) is 5.60 Å². The van der Waals surface area contributed by atoms with Crippen molar-refractivity contribution in [1.82, 2.24) is 0 Å². The molecule has 14 heavy (non-hydrogen) atoms. The summed E-state index contributed by atoms with van der Waals surface area (Å²) in [6, 6.07) is 8.49. The van der Waals surface area contributed by atoms with Crippen LogP contribution in [-0.2, 0) is 0 Å². The summed E-state index contributed by atoms with van der Waals surface area (Å²) in [6.07, 6.45) is 0.979. The smallest absolute Gasteiger partial charge is 0.0754 e. The minimum absolute atomic E-state index is 0.374. The maximum atomic E-state index is 10.3. The van der Waals surface area contributed by atoms with E-state index in [1.54, 1.807) is 0 Å². The summed E-state index contributed by atoms with van der Waals surface area (Å²) in [5, 5.41) is 10.3. The molecule has 1 aliphatic heterocycles. The lowest BCUT2D eigenvalue weighted by Gasteiger charge is -2.18. The molecule has 0 bridgehead atoms. The van der Waals surface area contributed by atoms with Crippen molar-refractivity contribution >= 4 is 11.8 Å². The first-order valence-electron chi connectivity index (χ1n) is 5.16. The molecule has 74 valence electrons. The predicted molar refractivity (Wildman–Crippen MR) is 58.6 cm³/mol. The van der Waals surface area contributed by atoms with E-state index < -0.39 is 0 Å². The van der Waals surface area contributed by atoms with Crippen LogP contribution in [0.5, 0.6) is 0 Å². The van der Waals surface area contributed by atoms with E-state index in [0.717, 1.165) is 12.2 Å². The van der Waals surface area contributed by atoms with Crippen LogP contribution in [0.1, 0.15) is 24.8 Å². The van der Waals surface area contributed by atoms with Crippen molar-refractivity contribution in [3.8, 4) is 0 Å². The monoisotopic (exact) mass is 206 g/mol. The van der Waals surface area contributed by atoms with E-state index in [1.807, 2.05) is 11.8 Å². The molecule has 3 rings (SSSR count). The normalized spacial score (nSPS) is 39.6. The van der Waals surface area contributed by atoms with Gasteiger partial charge in [0.2, 0.25) is 0 Å². The van der Waals surface area contributed by atoms with Crippen LogP contribution in [0.4, 0.5) is 0 Å². The molecule has 0 saturated heterocycles. The maximum Gasteiger partial charge on any atom is 0.0754 e. The van der Waals surface area contributed by atoms with Gasteiger partial charge in [-0.1, -0.05) is 25.1 Å². The standard InChI is InChI=1S/C12H14OS/c1-8-6-12(8,13)10-7-14-11-5-3-2-4-9(10)11/h2-5,8,10,13H,6-7H2,1H3. The molecule has 1 saturated carbocycles. The van der Waals surface area contributed by atoms with Gasteiger partial charge in [0.15, 0.2) is 0 Å². The number of rotatable bonds is 1. The highest BCUT2D eigenvalue weighted by Gasteiger charge is 2.56. The minimum atomic E-state index is -0.389. The fourth-order valence-corrected chi connectivity index (χ4v) is 3.86. The van der Waals surface area contributed by atoms with Gasteiger partial charge in [-0.2, -0.15) is 0 Å². The first-order chi connectivity index (χ1) is 6.72. The zero-order valence-corrected chi connectivity index (χ0v) is 9.05. The van der Waals surface area contributed by atoms with Crippen LogP contribution < -0.4 is 0 Å². The number of fused-ring (bicyclic) bond motifs is 1. The SMILES string of the molecule is CC1CC1(O)C1CSc2ccccc21. The Morgan fingerprint density at radius 2 is 2.14 bits per heavy atom. The van der Waals surface area contributed by atoms with Crippen molar-refractivity contribution in [2.24, 2.45) is 5.92 Å². The first kappa shape index (κ1) is 8.81. The minimum Gasteiger partial charge on any atom is -0.389 e. The zero-order valence-electron chi connectivity index (χ0n) is 8.23. The van der Waals surface area contributed by atoms with E-state index in [2.05, 4.69) is 31.2 Å². The molecule has 3 unspecified atom stereocenters. The Labute approximate surface area is 88.5 Å². The highest BCUT2D eigenvalue weighted by atomic mass is 32.2. The van der Waals surface area contributed by atoms with Crippen molar-refractivity contribution < 1.29 is 5.11 Å². The van der Waals surface area contributed by atoms with Crippen molar-refractivity contribution in [3.63, 3.8) is 0 Å². The van der Waals surface area contributed by atoms with Crippen LogP contribution in [0, 0.1) is 5.92 Å². The molecule has 1 N–H and O–H groups in total. The molecule has 1 fully saturated rings. The second-order valence-corrected chi connectivity index (χ2v) is 5.56. The highest BCUT2D eigenvalue weighted by molar-refractivity contribution is 7.99. The number of hydrogen-bond acceptors (Lipinski definition) is 2. The van der Waals surface area contributed by atoms with E-state index >= 15 is 0 Å².